The standard InChI is InChI=1S/C42H62N2O12/c1-16-50-38(49)44-28(24(2)3)26(22-25-20-18-17-19-21-25)32(43-44)56-33-31(55-37(48)42(13,14)15)30(54-36(47)41(10,11)12)29(53-35(46)40(7,8)9)27(52-33)23-51-34(45)39(4,5)6/h17-21,24,27,29-31,33H,16,22-23H2,1-15H3/t27-,29-,30+,31-,33?/m1/s1/i4D,7D,10D,13D. The largest absolute Gasteiger partial charge is 0.462 e. The van der Waals surface area contributed by atoms with Crippen LogP contribution in [0.3, 0.4) is 0 Å². The summed E-state index contributed by atoms with van der Waals surface area (Å²) in [5.74, 6) is -4.10. The van der Waals surface area contributed by atoms with Crippen molar-refractivity contribution in [2.24, 2.45) is 21.7 Å². The number of carbonyl (C=O) groups is 5. The molecule has 2 heterocycles. The monoisotopic (exact) mass is 790 g/mol. The third-order valence-corrected chi connectivity index (χ3v) is 8.34. The van der Waals surface area contributed by atoms with Crippen LogP contribution in [0.15, 0.2) is 30.3 Å². The molecule has 0 amide bonds. The molecule has 2 aromatic rings. The van der Waals surface area contributed by atoms with Crippen molar-refractivity contribution in [3.8, 4) is 5.88 Å². The SMILES string of the molecule is [2H]CC(C)(C)C(=O)OC[C@H]1OC(Oc2nn(C(=O)OCC)c(C(C)C)c2Cc2ccccc2)[C@H](OC(=O)C(C)(C)C[2H])[C@@H](OC(=O)C(C)(C)C[2H])[C@@H]1OC(=O)C(C)(C)C[2H]. The van der Waals surface area contributed by atoms with Crippen molar-refractivity contribution in [3.63, 3.8) is 0 Å². The van der Waals surface area contributed by atoms with E-state index in [0.29, 0.717) is 11.3 Å². The Kier molecular flexibility index (Phi) is 12.6. The van der Waals surface area contributed by atoms with Gasteiger partial charge in [0.05, 0.1) is 34.0 Å². The molecule has 0 N–H and O–H groups in total. The highest BCUT2D eigenvalue weighted by molar-refractivity contribution is 5.78. The molecule has 0 bridgehead atoms. The Morgan fingerprint density at radius 3 is 1.75 bits per heavy atom. The van der Waals surface area contributed by atoms with Crippen LogP contribution in [-0.2, 0) is 54.0 Å². The summed E-state index contributed by atoms with van der Waals surface area (Å²) >= 11 is 0. The molecule has 1 fully saturated rings. The van der Waals surface area contributed by atoms with Gasteiger partial charge in [0.25, 0.3) is 0 Å². The Morgan fingerprint density at radius 1 is 0.750 bits per heavy atom. The lowest BCUT2D eigenvalue weighted by Crippen LogP contribution is -2.65. The van der Waals surface area contributed by atoms with Crippen LogP contribution >= 0.6 is 0 Å². The maximum atomic E-state index is 13.9. The van der Waals surface area contributed by atoms with E-state index in [1.54, 1.807) is 6.92 Å². The number of ether oxygens (including phenoxy) is 7. The van der Waals surface area contributed by atoms with E-state index in [-0.39, 0.29) is 31.7 Å². The molecule has 1 aliphatic heterocycles. The molecular formula is C42H62N2O12. The highest BCUT2D eigenvalue weighted by atomic mass is 16.7. The molecule has 3 rings (SSSR count). The van der Waals surface area contributed by atoms with Gasteiger partial charge < -0.3 is 33.2 Å². The number of hydrogen-bond donors (Lipinski definition) is 0. The van der Waals surface area contributed by atoms with Crippen molar-refractivity contribution in [3.05, 3.63) is 47.2 Å². The number of hydrogen-bond acceptors (Lipinski definition) is 13. The Morgan fingerprint density at radius 2 is 1.25 bits per heavy atom. The van der Waals surface area contributed by atoms with Crippen molar-refractivity contribution in [1.82, 2.24) is 9.78 Å². The second kappa shape index (κ2) is 17.8. The average molecular weight is 791 g/mol. The number of esters is 4. The fraction of sp³-hybridized carbons (Fsp3) is 0.667. The van der Waals surface area contributed by atoms with E-state index < -0.39 is 110 Å². The Labute approximate surface area is 336 Å². The Hall–Kier alpha value is -4.46. The van der Waals surface area contributed by atoms with Crippen molar-refractivity contribution < 1.29 is 62.6 Å². The van der Waals surface area contributed by atoms with Gasteiger partial charge in [-0.05, 0) is 101 Å². The fourth-order valence-electron chi connectivity index (χ4n) is 5.24. The lowest BCUT2D eigenvalue weighted by atomic mass is 9.93. The van der Waals surface area contributed by atoms with Crippen LogP contribution in [0.2, 0.25) is 0 Å². The van der Waals surface area contributed by atoms with Gasteiger partial charge in [0.1, 0.15) is 12.7 Å². The first-order chi connectivity index (χ1) is 27.9. The summed E-state index contributed by atoms with van der Waals surface area (Å²) in [7, 11) is 0. The number of benzene rings is 1. The summed E-state index contributed by atoms with van der Waals surface area (Å²) < 4.78 is 75.3. The van der Waals surface area contributed by atoms with Crippen LogP contribution in [0.4, 0.5) is 4.79 Å². The summed E-state index contributed by atoms with van der Waals surface area (Å²) in [4.78, 5) is 68.2. The summed E-state index contributed by atoms with van der Waals surface area (Å²) in [6, 6.07) is 9.25. The van der Waals surface area contributed by atoms with E-state index in [2.05, 4.69) is 5.10 Å². The first-order valence-electron chi connectivity index (χ1n) is 21.4. The predicted molar refractivity (Wildman–Crippen MR) is 206 cm³/mol. The first kappa shape index (κ1) is 39.8. The van der Waals surface area contributed by atoms with Crippen molar-refractivity contribution in [2.45, 2.75) is 147 Å². The van der Waals surface area contributed by atoms with Gasteiger partial charge in [-0.2, -0.15) is 4.68 Å². The number of rotatable bonds is 11. The van der Waals surface area contributed by atoms with E-state index in [1.807, 2.05) is 44.2 Å². The van der Waals surface area contributed by atoms with E-state index in [4.69, 9.17) is 38.6 Å². The summed E-state index contributed by atoms with van der Waals surface area (Å²) in [5.41, 5.74) is -3.87. The molecule has 1 aromatic heterocycles. The van der Waals surface area contributed by atoms with E-state index >= 15 is 0 Å². The smallest absolute Gasteiger partial charge is 0.435 e. The Bertz CT molecular complexity index is 1810. The average Bonchev–Trinajstić information content (AvgIpc) is 3.56. The zero-order valence-electron chi connectivity index (χ0n) is 38.6. The van der Waals surface area contributed by atoms with Gasteiger partial charge in [-0.1, -0.05) is 44.2 Å². The van der Waals surface area contributed by atoms with Crippen LogP contribution in [0.25, 0.3) is 0 Å². The summed E-state index contributed by atoms with van der Waals surface area (Å²) in [6.45, 7) is 14.9. The molecule has 0 radical (unpaired) electrons. The van der Waals surface area contributed by atoms with E-state index in [1.165, 1.54) is 55.4 Å². The van der Waals surface area contributed by atoms with Gasteiger partial charge in [0, 0.05) is 17.5 Å². The molecule has 0 aliphatic carbocycles. The fourth-order valence-corrected chi connectivity index (χ4v) is 5.24. The molecular weight excluding hydrogens is 724 g/mol. The van der Waals surface area contributed by atoms with Gasteiger partial charge in [0.15, 0.2) is 12.2 Å². The Balaban J connectivity index is 2.39. The highest BCUT2D eigenvalue weighted by Gasteiger charge is 2.56. The molecule has 14 nitrogen and oxygen atoms in total. The topological polar surface area (TPSA) is 168 Å². The van der Waals surface area contributed by atoms with Gasteiger partial charge >= 0.3 is 30.0 Å². The van der Waals surface area contributed by atoms with Gasteiger partial charge in [-0.3, -0.25) is 19.2 Å². The normalized spacial score (nSPS) is 21.5. The van der Waals surface area contributed by atoms with Crippen molar-refractivity contribution in [2.75, 3.05) is 13.2 Å². The van der Waals surface area contributed by atoms with Crippen LogP contribution in [0.1, 0.15) is 132 Å². The summed E-state index contributed by atoms with van der Waals surface area (Å²) in [5, 5.41) is 4.54. The lowest BCUT2D eigenvalue weighted by Gasteiger charge is -2.45. The maximum absolute atomic E-state index is 13.9. The van der Waals surface area contributed by atoms with Gasteiger partial charge in [-0.15, -0.1) is 5.10 Å². The molecule has 56 heavy (non-hydrogen) atoms. The van der Waals surface area contributed by atoms with Crippen LogP contribution in [0, 0.1) is 21.7 Å². The molecule has 0 spiro atoms. The minimum Gasteiger partial charge on any atom is -0.462 e. The van der Waals surface area contributed by atoms with E-state index in [0.717, 1.165) is 10.2 Å². The number of aromatic nitrogens is 2. The zero-order valence-corrected chi connectivity index (χ0v) is 34.6. The molecule has 1 unspecified atom stereocenters. The van der Waals surface area contributed by atoms with E-state index in [9.17, 15) is 24.0 Å². The lowest BCUT2D eigenvalue weighted by molar-refractivity contribution is -0.294. The predicted octanol–water partition coefficient (Wildman–Crippen LogP) is 7.17. The minimum atomic E-state index is -1.79. The van der Waals surface area contributed by atoms with Crippen molar-refractivity contribution in [1.29, 1.82) is 0 Å². The quantitative estimate of drug-likeness (QED) is 0.166. The second-order valence-corrected chi connectivity index (χ2v) is 17.0. The second-order valence-electron chi connectivity index (χ2n) is 17.0. The molecule has 1 saturated heterocycles. The zero-order chi connectivity index (χ0) is 45.4. The molecule has 1 aromatic carbocycles. The highest BCUT2D eigenvalue weighted by Crippen LogP contribution is 2.37. The van der Waals surface area contributed by atoms with Gasteiger partial charge in [0.2, 0.25) is 18.3 Å². The van der Waals surface area contributed by atoms with Crippen LogP contribution in [-0.4, -0.2) is 83.7 Å². The maximum Gasteiger partial charge on any atom is 0.435 e. The molecule has 1 aliphatic rings. The minimum absolute atomic E-state index is 0.0340. The summed E-state index contributed by atoms with van der Waals surface area (Å²) in [6.07, 6.45) is -9.18. The van der Waals surface area contributed by atoms with Gasteiger partial charge in [-0.25, -0.2) is 4.79 Å². The number of nitrogens with zero attached hydrogens (tertiary/aromatic N) is 2. The number of carbonyl (C=O) groups excluding carboxylic acids is 5. The third kappa shape index (κ3) is 11.8. The molecule has 312 valence electrons. The molecule has 14 heteroatoms. The van der Waals surface area contributed by atoms with Crippen molar-refractivity contribution >= 4 is 30.0 Å². The third-order valence-electron chi connectivity index (χ3n) is 8.34. The van der Waals surface area contributed by atoms with Crippen LogP contribution in [0.5, 0.6) is 5.88 Å². The molecule has 0 saturated carbocycles. The molecule has 5 atom stereocenters. The first-order valence-corrected chi connectivity index (χ1v) is 18.5. The van der Waals surface area contributed by atoms with Crippen LogP contribution < -0.4 is 4.74 Å².